The summed E-state index contributed by atoms with van der Waals surface area (Å²) in [4.78, 5) is 20.9. The Morgan fingerprint density at radius 2 is 2.18 bits per heavy atom. The lowest BCUT2D eigenvalue weighted by molar-refractivity contribution is -0.154. The van der Waals surface area contributed by atoms with Crippen LogP contribution in [0, 0.1) is 11.2 Å². The summed E-state index contributed by atoms with van der Waals surface area (Å²) < 4.78 is 19.0. The molecule has 0 radical (unpaired) electrons. The number of benzene rings is 1. The van der Waals surface area contributed by atoms with E-state index in [0.717, 1.165) is 12.8 Å². The van der Waals surface area contributed by atoms with Crippen LogP contribution in [0.5, 0.6) is 0 Å². The van der Waals surface area contributed by atoms with Crippen molar-refractivity contribution in [3.8, 4) is 0 Å². The second-order valence-electron chi connectivity index (χ2n) is 8.12. The molecule has 2 atom stereocenters. The lowest BCUT2D eigenvalue weighted by Gasteiger charge is -2.42. The number of hydrogen-bond donors (Lipinski definition) is 1. The molecule has 0 unspecified atom stereocenters. The average molecular weight is 390 g/mol. The van der Waals surface area contributed by atoms with E-state index in [4.69, 9.17) is 9.57 Å². The highest BCUT2D eigenvalue weighted by Crippen LogP contribution is 2.40. The Kier molecular flexibility index (Phi) is 5.64. The number of hydrogen-bond acceptors (Lipinski definition) is 5. The Morgan fingerprint density at radius 1 is 1.36 bits per heavy atom. The van der Waals surface area contributed by atoms with Crippen molar-refractivity contribution in [2.75, 3.05) is 26.3 Å². The van der Waals surface area contributed by atoms with Crippen molar-refractivity contribution in [3.05, 3.63) is 35.6 Å². The lowest BCUT2D eigenvalue weighted by atomic mass is 9.73. The highest BCUT2D eigenvalue weighted by molar-refractivity contribution is 6.01. The molecule has 7 heteroatoms. The maximum Gasteiger partial charge on any atom is 0.229 e. The van der Waals surface area contributed by atoms with Gasteiger partial charge in [-0.05, 0) is 37.8 Å². The molecule has 0 bridgehead atoms. The van der Waals surface area contributed by atoms with Gasteiger partial charge in [-0.3, -0.25) is 4.79 Å². The van der Waals surface area contributed by atoms with Gasteiger partial charge in [-0.1, -0.05) is 17.3 Å². The summed E-state index contributed by atoms with van der Waals surface area (Å²) in [5.74, 6) is -0.208. The number of halogens is 1. The molecule has 2 saturated heterocycles. The van der Waals surface area contributed by atoms with E-state index < -0.39 is 11.5 Å². The van der Waals surface area contributed by atoms with Crippen molar-refractivity contribution in [2.45, 2.75) is 50.7 Å². The Morgan fingerprint density at radius 3 is 2.93 bits per heavy atom. The Bertz CT molecular complexity index is 748. The predicted octanol–water partition coefficient (Wildman–Crippen LogP) is 2.49. The second kappa shape index (κ2) is 8.17. The van der Waals surface area contributed by atoms with Crippen LogP contribution in [0.3, 0.4) is 0 Å². The van der Waals surface area contributed by atoms with E-state index in [1.165, 1.54) is 12.1 Å². The molecule has 4 rings (SSSR count). The van der Waals surface area contributed by atoms with Crippen molar-refractivity contribution in [2.24, 2.45) is 10.6 Å². The van der Waals surface area contributed by atoms with Crippen LogP contribution in [-0.4, -0.2) is 60.1 Å². The van der Waals surface area contributed by atoms with Gasteiger partial charge in [-0.2, -0.15) is 0 Å². The largest absolute Gasteiger partial charge is 0.392 e. The van der Waals surface area contributed by atoms with E-state index in [1.807, 2.05) is 11.0 Å². The maximum absolute atomic E-state index is 13.5. The third-order valence-electron chi connectivity index (χ3n) is 6.10. The molecule has 1 aromatic rings. The zero-order valence-corrected chi connectivity index (χ0v) is 16.0. The van der Waals surface area contributed by atoms with E-state index in [-0.39, 0.29) is 17.8 Å². The molecular weight excluding hydrogens is 363 g/mol. The third kappa shape index (κ3) is 4.05. The van der Waals surface area contributed by atoms with Gasteiger partial charge in [0.05, 0.1) is 17.2 Å². The number of carbonyl (C=O) groups excluding carboxylic acids is 1. The quantitative estimate of drug-likeness (QED) is 0.858. The van der Waals surface area contributed by atoms with Gasteiger partial charge >= 0.3 is 0 Å². The van der Waals surface area contributed by atoms with Crippen LogP contribution in [0.1, 0.15) is 44.1 Å². The summed E-state index contributed by atoms with van der Waals surface area (Å²) in [5.41, 5.74) is 0.883. The van der Waals surface area contributed by atoms with Gasteiger partial charge in [-0.25, -0.2) is 4.39 Å². The molecule has 3 heterocycles. The van der Waals surface area contributed by atoms with Crippen molar-refractivity contribution >= 4 is 11.6 Å². The van der Waals surface area contributed by atoms with Crippen LogP contribution in [0.15, 0.2) is 29.4 Å². The van der Waals surface area contributed by atoms with Crippen LogP contribution in [0.2, 0.25) is 0 Å². The first kappa shape index (κ1) is 19.3. The fourth-order valence-corrected chi connectivity index (χ4v) is 4.55. The van der Waals surface area contributed by atoms with E-state index in [2.05, 4.69) is 5.16 Å². The number of oxime groups is 1. The summed E-state index contributed by atoms with van der Waals surface area (Å²) in [7, 11) is 0. The molecule has 152 valence electrons. The van der Waals surface area contributed by atoms with Gasteiger partial charge < -0.3 is 19.6 Å². The molecular formula is C21H27FN2O4. The normalized spacial score (nSPS) is 27.2. The first-order valence-corrected chi connectivity index (χ1v) is 10.1. The highest BCUT2D eigenvalue weighted by atomic mass is 19.1. The number of β-amino-alcohol motifs (C(OH)–C–C–N with tert-alkyl or cyclic N) is 1. The molecule has 0 saturated carbocycles. The lowest BCUT2D eigenvalue weighted by Crippen LogP contribution is -2.52. The maximum atomic E-state index is 13.5. The molecule has 0 aliphatic carbocycles. The number of likely N-dealkylation sites (tertiary alicyclic amines) is 1. The molecule has 1 amide bonds. The molecule has 6 nitrogen and oxygen atoms in total. The zero-order valence-electron chi connectivity index (χ0n) is 16.0. The van der Waals surface area contributed by atoms with Crippen molar-refractivity contribution in [1.29, 1.82) is 0 Å². The van der Waals surface area contributed by atoms with Gasteiger partial charge in [0.25, 0.3) is 0 Å². The average Bonchev–Trinajstić information content (AvgIpc) is 3.16. The fourth-order valence-electron chi connectivity index (χ4n) is 4.55. The number of aliphatic hydroxyl groups is 1. The number of aliphatic hydroxyl groups excluding tert-OH is 1. The van der Waals surface area contributed by atoms with Crippen molar-refractivity contribution in [1.82, 2.24) is 4.90 Å². The molecule has 2 fully saturated rings. The van der Waals surface area contributed by atoms with Crippen LogP contribution in [-0.2, 0) is 14.4 Å². The zero-order chi connectivity index (χ0) is 19.6. The van der Waals surface area contributed by atoms with Crippen LogP contribution in [0.25, 0.3) is 0 Å². The summed E-state index contributed by atoms with van der Waals surface area (Å²) in [6.07, 6.45) is 3.32. The van der Waals surface area contributed by atoms with Crippen LogP contribution < -0.4 is 0 Å². The Labute approximate surface area is 164 Å². The van der Waals surface area contributed by atoms with Gasteiger partial charge in [-0.15, -0.1) is 0 Å². The monoisotopic (exact) mass is 390 g/mol. The van der Waals surface area contributed by atoms with E-state index >= 15 is 0 Å². The molecule has 1 aromatic carbocycles. The summed E-state index contributed by atoms with van der Waals surface area (Å²) >= 11 is 0. The van der Waals surface area contributed by atoms with Gasteiger partial charge in [0.2, 0.25) is 5.91 Å². The highest BCUT2D eigenvalue weighted by Gasteiger charge is 2.46. The molecule has 0 aromatic heterocycles. The van der Waals surface area contributed by atoms with Gasteiger partial charge in [0, 0.05) is 44.7 Å². The number of rotatable bonds is 4. The fraction of sp³-hybridized carbons (Fsp3) is 0.619. The second-order valence-corrected chi connectivity index (χ2v) is 8.12. The molecule has 28 heavy (non-hydrogen) atoms. The SMILES string of the molecule is O=C(N1CCC[C@H](O)C1)C1(C[C@@H]2CC(c3cccc(F)c3)=NO2)CCOCC1. The topological polar surface area (TPSA) is 71.4 Å². The van der Waals surface area contributed by atoms with Crippen molar-refractivity contribution in [3.63, 3.8) is 0 Å². The Balaban J connectivity index is 1.46. The molecule has 0 spiro atoms. The standard InChI is InChI=1S/C21H27FN2O4/c22-16-4-1-3-15(11-16)19-12-18(28-23-19)13-21(6-9-27-10-7-21)20(26)24-8-2-5-17(25)14-24/h1,3-4,11,17-18,25H,2,5-10,12-14H2/t17-,18-/m0/s1. The van der Waals surface area contributed by atoms with E-state index in [9.17, 15) is 14.3 Å². The van der Waals surface area contributed by atoms with Crippen molar-refractivity contribution < 1.29 is 23.9 Å². The minimum absolute atomic E-state index is 0.0948. The number of amides is 1. The van der Waals surface area contributed by atoms with E-state index in [1.54, 1.807) is 6.07 Å². The van der Waals surface area contributed by atoms with Gasteiger partial charge in [0.15, 0.2) is 0 Å². The number of ether oxygens (including phenoxy) is 1. The summed E-state index contributed by atoms with van der Waals surface area (Å²) in [6.45, 7) is 2.19. The molecule has 1 N–H and O–H groups in total. The van der Waals surface area contributed by atoms with Gasteiger partial charge in [0.1, 0.15) is 11.9 Å². The minimum atomic E-state index is -0.549. The third-order valence-corrected chi connectivity index (χ3v) is 6.10. The first-order chi connectivity index (χ1) is 13.6. The molecule has 3 aliphatic heterocycles. The predicted molar refractivity (Wildman–Crippen MR) is 101 cm³/mol. The first-order valence-electron chi connectivity index (χ1n) is 10.1. The number of piperidine rings is 1. The number of carbonyl (C=O) groups is 1. The van der Waals surface area contributed by atoms with E-state index in [0.29, 0.717) is 63.3 Å². The summed E-state index contributed by atoms with van der Waals surface area (Å²) in [5, 5.41) is 14.1. The van der Waals surface area contributed by atoms with Crippen LogP contribution in [0.4, 0.5) is 4.39 Å². The van der Waals surface area contributed by atoms with Crippen LogP contribution >= 0.6 is 0 Å². The number of nitrogens with zero attached hydrogens (tertiary/aromatic N) is 2. The molecule has 3 aliphatic rings. The smallest absolute Gasteiger partial charge is 0.229 e. The Hall–Kier alpha value is -1.99. The minimum Gasteiger partial charge on any atom is -0.392 e. The summed E-state index contributed by atoms with van der Waals surface area (Å²) in [6, 6.07) is 6.33.